The Morgan fingerprint density at radius 3 is 2.62 bits per heavy atom. The second-order valence-electron chi connectivity index (χ2n) is 4.75. The first-order valence-electron chi connectivity index (χ1n) is 7.03. The van der Waals surface area contributed by atoms with E-state index in [-0.39, 0.29) is 11.3 Å². The van der Waals surface area contributed by atoms with Gasteiger partial charge in [0, 0.05) is 4.90 Å². The second-order valence-corrected chi connectivity index (χ2v) is 6.72. The molecule has 0 radical (unpaired) electrons. The third kappa shape index (κ3) is 5.10. The van der Waals surface area contributed by atoms with Crippen LogP contribution in [0.4, 0.5) is 5.00 Å². The standard InChI is InChI=1S/C16H16N2O4S2/c1-10(15(21)18-16-12(14(17)20)7-8-23-16)22-13(19)9-24-11-5-3-2-4-6-11/h2-8,10H,9H2,1H3,(H2,17,20)(H,18,21)/t10-/m0/s1. The van der Waals surface area contributed by atoms with E-state index in [1.807, 2.05) is 30.3 Å². The van der Waals surface area contributed by atoms with Crippen molar-refractivity contribution in [3.8, 4) is 0 Å². The van der Waals surface area contributed by atoms with Crippen molar-refractivity contribution in [2.45, 2.75) is 17.9 Å². The van der Waals surface area contributed by atoms with Crippen LogP contribution in [0.25, 0.3) is 0 Å². The molecule has 8 heteroatoms. The maximum atomic E-state index is 12.1. The highest BCUT2D eigenvalue weighted by Crippen LogP contribution is 2.23. The van der Waals surface area contributed by atoms with Crippen LogP contribution in [-0.4, -0.2) is 29.6 Å². The maximum absolute atomic E-state index is 12.1. The van der Waals surface area contributed by atoms with Crippen molar-refractivity contribution in [3.63, 3.8) is 0 Å². The molecular weight excluding hydrogens is 348 g/mol. The zero-order valence-electron chi connectivity index (χ0n) is 12.9. The van der Waals surface area contributed by atoms with E-state index in [9.17, 15) is 14.4 Å². The Kier molecular flexibility index (Phi) is 6.39. The highest BCUT2D eigenvalue weighted by molar-refractivity contribution is 8.00. The van der Waals surface area contributed by atoms with E-state index in [1.165, 1.54) is 36.1 Å². The fourth-order valence-corrected chi connectivity index (χ4v) is 3.25. The molecule has 1 aromatic heterocycles. The number of nitrogens with one attached hydrogen (secondary N) is 1. The molecular formula is C16H16N2O4S2. The lowest BCUT2D eigenvalue weighted by Crippen LogP contribution is -2.31. The Morgan fingerprint density at radius 1 is 1.25 bits per heavy atom. The number of carbonyl (C=O) groups is 3. The summed E-state index contributed by atoms with van der Waals surface area (Å²) in [5.41, 5.74) is 5.44. The Hall–Kier alpha value is -2.32. The summed E-state index contributed by atoms with van der Waals surface area (Å²) in [7, 11) is 0. The number of ether oxygens (including phenoxy) is 1. The molecule has 0 aliphatic rings. The van der Waals surface area contributed by atoms with E-state index in [0.29, 0.717) is 5.00 Å². The van der Waals surface area contributed by atoms with Gasteiger partial charge in [0.15, 0.2) is 6.10 Å². The first kappa shape index (κ1) is 18.0. The van der Waals surface area contributed by atoms with Crippen LogP contribution in [0.3, 0.4) is 0 Å². The lowest BCUT2D eigenvalue weighted by Gasteiger charge is -2.13. The molecule has 126 valence electrons. The topological polar surface area (TPSA) is 98.5 Å². The molecule has 1 atom stereocenters. The molecule has 0 spiro atoms. The zero-order valence-corrected chi connectivity index (χ0v) is 14.5. The first-order chi connectivity index (χ1) is 11.5. The van der Waals surface area contributed by atoms with Gasteiger partial charge in [-0.2, -0.15) is 0 Å². The lowest BCUT2D eigenvalue weighted by molar-refractivity contribution is -0.150. The number of primary amides is 1. The van der Waals surface area contributed by atoms with Crippen molar-refractivity contribution in [2.75, 3.05) is 11.1 Å². The summed E-state index contributed by atoms with van der Waals surface area (Å²) < 4.78 is 5.10. The number of thioether (sulfide) groups is 1. The van der Waals surface area contributed by atoms with Crippen molar-refractivity contribution >= 4 is 45.9 Å². The summed E-state index contributed by atoms with van der Waals surface area (Å²) in [6.45, 7) is 1.47. The van der Waals surface area contributed by atoms with Gasteiger partial charge in [-0.05, 0) is 30.5 Å². The van der Waals surface area contributed by atoms with Gasteiger partial charge in [-0.3, -0.25) is 14.4 Å². The quantitative estimate of drug-likeness (QED) is 0.581. The molecule has 24 heavy (non-hydrogen) atoms. The lowest BCUT2D eigenvalue weighted by atomic mass is 10.3. The number of hydrogen-bond acceptors (Lipinski definition) is 6. The Morgan fingerprint density at radius 2 is 1.96 bits per heavy atom. The molecule has 0 fully saturated rings. The first-order valence-corrected chi connectivity index (χ1v) is 8.89. The number of esters is 1. The largest absolute Gasteiger partial charge is 0.452 e. The molecule has 2 amide bonds. The van der Waals surface area contributed by atoms with Crippen LogP contribution >= 0.6 is 23.1 Å². The van der Waals surface area contributed by atoms with Crippen molar-refractivity contribution < 1.29 is 19.1 Å². The smallest absolute Gasteiger partial charge is 0.317 e. The summed E-state index contributed by atoms with van der Waals surface area (Å²) in [6.07, 6.45) is -0.975. The van der Waals surface area contributed by atoms with Gasteiger partial charge in [-0.25, -0.2) is 0 Å². The van der Waals surface area contributed by atoms with Crippen LogP contribution in [0.15, 0.2) is 46.7 Å². The highest BCUT2D eigenvalue weighted by atomic mass is 32.2. The van der Waals surface area contributed by atoms with Gasteiger partial charge in [0.2, 0.25) is 0 Å². The number of amides is 2. The molecule has 0 unspecified atom stereocenters. The van der Waals surface area contributed by atoms with E-state index in [2.05, 4.69) is 5.32 Å². The van der Waals surface area contributed by atoms with E-state index in [0.717, 1.165) is 4.90 Å². The molecule has 0 saturated heterocycles. The third-order valence-corrected chi connectivity index (χ3v) is 4.76. The maximum Gasteiger partial charge on any atom is 0.317 e. The SMILES string of the molecule is C[C@H](OC(=O)CSc1ccccc1)C(=O)Nc1sccc1C(N)=O. The van der Waals surface area contributed by atoms with Crippen molar-refractivity contribution in [2.24, 2.45) is 5.73 Å². The number of nitrogens with two attached hydrogens (primary N) is 1. The number of hydrogen-bond donors (Lipinski definition) is 2. The minimum Gasteiger partial charge on any atom is -0.452 e. The van der Waals surface area contributed by atoms with E-state index in [4.69, 9.17) is 10.5 Å². The summed E-state index contributed by atoms with van der Waals surface area (Å²) in [6, 6.07) is 10.9. The number of anilines is 1. The van der Waals surface area contributed by atoms with Crippen LogP contribution in [-0.2, 0) is 14.3 Å². The number of carbonyl (C=O) groups excluding carboxylic acids is 3. The minimum absolute atomic E-state index is 0.104. The predicted octanol–water partition coefficient (Wildman–Crippen LogP) is 2.51. The van der Waals surface area contributed by atoms with Crippen LogP contribution in [0.1, 0.15) is 17.3 Å². The van der Waals surface area contributed by atoms with Crippen molar-refractivity contribution in [1.29, 1.82) is 0 Å². The van der Waals surface area contributed by atoms with Gasteiger partial charge in [0.1, 0.15) is 5.00 Å². The average molecular weight is 364 g/mol. The molecule has 2 rings (SSSR count). The van der Waals surface area contributed by atoms with Gasteiger partial charge >= 0.3 is 5.97 Å². The van der Waals surface area contributed by atoms with Gasteiger partial charge < -0.3 is 15.8 Å². The fraction of sp³-hybridized carbons (Fsp3) is 0.188. The molecule has 3 N–H and O–H groups in total. The molecule has 2 aromatic rings. The summed E-state index contributed by atoms with van der Waals surface area (Å²) in [5.74, 6) is -1.53. The van der Waals surface area contributed by atoms with Gasteiger partial charge in [-0.15, -0.1) is 23.1 Å². The Balaban J connectivity index is 1.83. The predicted molar refractivity (Wildman–Crippen MR) is 94.2 cm³/mol. The zero-order chi connectivity index (χ0) is 17.5. The van der Waals surface area contributed by atoms with Crippen molar-refractivity contribution in [3.05, 3.63) is 47.3 Å². The number of rotatable bonds is 7. The third-order valence-electron chi connectivity index (χ3n) is 2.94. The van der Waals surface area contributed by atoms with Crippen LogP contribution < -0.4 is 11.1 Å². The molecule has 0 bridgehead atoms. The summed E-state index contributed by atoms with van der Waals surface area (Å²) in [4.78, 5) is 36.0. The molecule has 6 nitrogen and oxygen atoms in total. The summed E-state index contributed by atoms with van der Waals surface area (Å²) >= 11 is 2.50. The van der Waals surface area contributed by atoms with Crippen LogP contribution in [0.5, 0.6) is 0 Å². The number of benzene rings is 1. The van der Waals surface area contributed by atoms with Gasteiger partial charge in [-0.1, -0.05) is 18.2 Å². The fourth-order valence-electron chi connectivity index (χ4n) is 1.76. The second kappa shape index (κ2) is 8.51. The van der Waals surface area contributed by atoms with E-state index in [1.54, 1.807) is 5.38 Å². The number of thiophene rings is 1. The van der Waals surface area contributed by atoms with Crippen LogP contribution in [0.2, 0.25) is 0 Å². The van der Waals surface area contributed by atoms with Gasteiger partial charge in [0.25, 0.3) is 11.8 Å². The Labute approximate surface area is 147 Å². The van der Waals surface area contributed by atoms with Crippen molar-refractivity contribution in [1.82, 2.24) is 0 Å². The Bertz CT molecular complexity index is 731. The molecule has 0 aliphatic carbocycles. The normalized spacial score (nSPS) is 11.5. The molecule has 0 aliphatic heterocycles. The average Bonchev–Trinajstić information content (AvgIpc) is 3.02. The van der Waals surface area contributed by atoms with E-state index >= 15 is 0 Å². The molecule has 0 saturated carbocycles. The summed E-state index contributed by atoms with van der Waals surface area (Å²) in [5, 5.41) is 4.53. The van der Waals surface area contributed by atoms with E-state index < -0.39 is 23.9 Å². The highest BCUT2D eigenvalue weighted by Gasteiger charge is 2.20. The molecule has 1 aromatic carbocycles. The van der Waals surface area contributed by atoms with Gasteiger partial charge in [0.05, 0.1) is 11.3 Å². The minimum atomic E-state index is -0.975. The monoisotopic (exact) mass is 364 g/mol. The molecule has 1 heterocycles. The van der Waals surface area contributed by atoms with Crippen LogP contribution in [0, 0.1) is 0 Å².